The Morgan fingerprint density at radius 3 is 2.50 bits per heavy atom. The second-order valence-electron chi connectivity index (χ2n) is 11.3. The van der Waals surface area contributed by atoms with Crippen molar-refractivity contribution in [2.24, 2.45) is 22.2 Å². The number of primary amides is 1. The van der Waals surface area contributed by atoms with Crippen molar-refractivity contribution in [1.82, 2.24) is 19.6 Å². The van der Waals surface area contributed by atoms with Crippen LogP contribution < -0.4 is 21.9 Å². The number of nitrogens with zero attached hydrogens (tertiary/aromatic N) is 5. The summed E-state index contributed by atoms with van der Waals surface area (Å²) in [5.74, 6) is -2.17. The van der Waals surface area contributed by atoms with Gasteiger partial charge in [-0.25, -0.2) is 0 Å². The number of nitrogens with two attached hydrogens (primary N) is 2. The van der Waals surface area contributed by atoms with Gasteiger partial charge < -0.3 is 36.0 Å². The number of amides is 3. The highest BCUT2D eigenvalue weighted by atomic mass is 32.2. The van der Waals surface area contributed by atoms with Crippen LogP contribution in [0.5, 0.6) is 0 Å². The van der Waals surface area contributed by atoms with Gasteiger partial charge in [0.15, 0.2) is 5.13 Å². The molecule has 16 heteroatoms. The Labute approximate surface area is 237 Å². The predicted octanol–water partition coefficient (Wildman–Crippen LogP) is -1.86. The lowest BCUT2D eigenvalue weighted by molar-refractivity contribution is -0.940. The summed E-state index contributed by atoms with van der Waals surface area (Å²) in [6.07, 6.45) is 4.10. The van der Waals surface area contributed by atoms with Crippen molar-refractivity contribution in [2.75, 3.05) is 44.3 Å². The summed E-state index contributed by atoms with van der Waals surface area (Å²) < 4.78 is 4.71. The molecule has 1 aromatic rings. The van der Waals surface area contributed by atoms with Crippen molar-refractivity contribution in [2.45, 2.75) is 43.5 Å². The van der Waals surface area contributed by atoms with E-state index in [9.17, 15) is 24.3 Å². The smallest absolute Gasteiger partial charge is 0.278 e. The van der Waals surface area contributed by atoms with E-state index in [1.165, 1.54) is 16.7 Å². The molecule has 214 valence electrons. The van der Waals surface area contributed by atoms with Crippen LogP contribution in [0.3, 0.4) is 0 Å². The number of aromatic nitrogens is 2. The molecule has 0 unspecified atom stereocenters. The van der Waals surface area contributed by atoms with Crippen LogP contribution in [0.1, 0.15) is 37.9 Å². The van der Waals surface area contributed by atoms with E-state index < -0.39 is 34.6 Å². The van der Waals surface area contributed by atoms with E-state index >= 15 is 0 Å². The second-order valence-corrected chi connectivity index (χ2v) is 13.2. The second kappa shape index (κ2) is 9.99. The first-order valence-corrected chi connectivity index (χ1v) is 15.1. The maximum Gasteiger partial charge on any atom is 0.278 e. The summed E-state index contributed by atoms with van der Waals surface area (Å²) in [5, 5.41) is 18.4. The molecule has 7 rings (SSSR count). The lowest BCUT2D eigenvalue weighted by Crippen LogP contribution is -2.72. The quantitative estimate of drug-likeness (QED) is 0.120. The third-order valence-electron chi connectivity index (χ3n) is 8.80. The number of carboxylic acid groups (broad SMARTS) is 1. The highest BCUT2D eigenvalue weighted by Gasteiger charge is 2.56. The molecule has 40 heavy (non-hydrogen) atoms. The minimum Gasteiger partial charge on any atom is -0.543 e. The number of anilines is 1. The van der Waals surface area contributed by atoms with Gasteiger partial charge in [0.1, 0.15) is 24.6 Å². The minimum atomic E-state index is -1.42. The van der Waals surface area contributed by atoms with Crippen LogP contribution in [-0.2, 0) is 24.0 Å². The third kappa shape index (κ3) is 4.71. The van der Waals surface area contributed by atoms with Crippen molar-refractivity contribution in [3.8, 4) is 0 Å². The van der Waals surface area contributed by atoms with Crippen molar-refractivity contribution in [3.63, 3.8) is 0 Å². The molecule has 3 amide bonds. The number of carbonyl (C=O) groups excluding carboxylic acids is 4. The monoisotopic (exact) mass is 590 g/mol. The van der Waals surface area contributed by atoms with Crippen molar-refractivity contribution >= 4 is 57.8 Å². The Balaban J connectivity index is 1.17. The van der Waals surface area contributed by atoms with Crippen LogP contribution in [-0.4, -0.2) is 98.1 Å². The molecule has 5 N–H and O–H groups in total. The van der Waals surface area contributed by atoms with E-state index in [1.807, 2.05) is 0 Å². The van der Waals surface area contributed by atoms with Crippen molar-refractivity contribution < 1.29 is 33.6 Å². The molecule has 4 saturated heterocycles. The van der Waals surface area contributed by atoms with E-state index in [2.05, 4.69) is 19.8 Å². The number of aliphatic carboxylic acids is 1. The average molecular weight is 591 g/mol. The lowest BCUT2D eigenvalue weighted by atomic mass is 9.70. The normalized spacial score (nSPS) is 31.4. The Morgan fingerprint density at radius 2 is 1.93 bits per heavy atom. The summed E-state index contributed by atoms with van der Waals surface area (Å²) in [7, 11) is 0. The van der Waals surface area contributed by atoms with Gasteiger partial charge in [-0.1, -0.05) is 5.16 Å². The molecule has 1 saturated carbocycles. The van der Waals surface area contributed by atoms with Crippen LogP contribution in [0.4, 0.5) is 5.13 Å². The number of thioether (sulfide) groups is 1. The Kier molecular flexibility index (Phi) is 6.73. The minimum absolute atomic E-state index is 0.00864. The predicted molar refractivity (Wildman–Crippen MR) is 142 cm³/mol. The number of hydrogen-bond donors (Lipinski definition) is 3. The van der Waals surface area contributed by atoms with Crippen molar-refractivity contribution in [3.05, 3.63) is 17.1 Å². The van der Waals surface area contributed by atoms with Gasteiger partial charge in [-0.15, -0.1) is 11.8 Å². The third-order valence-corrected chi connectivity index (χ3v) is 10.7. The number of nitrogens with one attached hydrogen (secondary N) is 1. The molecule has 14 nitrogen and oxygen atoms in total. The van der Waals surface area contributed by atoms with Gasteiger partial charge in [0.05, 0.1) is 36.7 Å². The van der Waals surface area contributed by atoms with E-state index in [0.717, 1.165) is 44.0 Å². The van der Waals surface area contributed by atoms with Gasteiger partial charge >= 0.3 is 0 Å². The van der Waals surface area contributed by atoms with E-state index in [-0.39, 0.29) is 28.3 Å². The fourth-order valence-corrected chi connectivity index (χ4v) is 7.86. The average Bonchev–Trinajstić information content (AvgIpc) is 3.67. The topological polar surface area (TPSA) is 206 Å². The van der Waals surface area contributed by atoms with Crippen LogP contribution in [0.15, 0.2) is 16.4 Å². The number of quaternary nitrogens is 1. The number of carboxylic acids is 1. The van der Waals surface area contributed by atoms with Crippen molar-refractivity contribution in [1.29, 1.82) is 0 Å². The number of fused-ring (bicyclic) bond motifs is 4. The zero-order valence-electron chi connectivity index (χ0n) is 21.7. The first-order valence-electron chi connectivity index (χ1n) is 13.2. The van der Waals surface area contributed by atoms with Gasteiger partial charge in [0.25, 0.3) is 11.8 Å². The van der Waals surface area contributed by atoms with Crippen LogP contribution in [0.25, 0.3) is 0 Å². The molecule has 5 fully saturated rings. The molecular weight excluding hydrogens is 560 g/mol. The number of β-lactam (4-membered cyclic amide) rings is 1. The lowest BCUT2D eigenvalue weighted by Gasteiger charge is -2.55. The molecule has 6 heterocycles. The number of carbonyl (C=O) groups is 4. The molecule has 1 aromatic heterocycles. The first-order chi connectivity index (χ1) is 19.1. The Bertz CT molecular complexity index is 1320. The molecule has 6 aliphatic rings. The maximum absolute atomic E-state index is 13.2. The molecule has 2 bridgehead atoms. The Hall–Kier alpha value is -3.24. The summed E-state index contributed by atoms with van der Waals surface area (Å²) in [6.45, 7) is 3.01. The zero-order valence-corrected chi connectivity index (χ0v) is 23.3. The number of oxime groups is 1. The number of hydrogen-bond acceptors (Lipinski definition) is 12. The summed E-state index contributed by atoms with van der Waals surface area (Å²) in [5.41, 5.74) is 11.2. The molecule has 1 aliphatic carbocycles. The highest BCUT2D eigenvalue weighted by Crippen LogP contribution is 2.46. The van der Waals surface area contributed by atoms with Gasteiger partial charge in [-0.05, 0) is 18.8 Å². The largest absolute Gasteiger partial charge is 0.543 e. The molecule has 0 radical (unpaired) electrons. The van der Waals surface area contributed by atoms with Crippen LogP contribution >= 0.6 is 23.3 Å². The zero-order chi connectivity index (χ0) is 28.2. The van der Waals surface area contributed by atoms with Gasteiger partial charge in [0.2, 0.25) is 17.4 Å². The molecule has 2 atom stereocenters. The standard InChI is InChI=1S/C24H30N8O6S2/c25-22(37)24-3-6-32(7-4-24,8-5-24)9-13-11-39-20-15(19(34)31(20)16(13)21(35)36)27-18(33)14(17-28-23(26)40-30-17)29-38-10-12-1-2-12/h12,15,20H,1-11H2,(H5-,25,26,27,28,30,33,35,36,37)/b29-14-/t15-,20+,24?,32?/m1/s1. The van der Waals surface area contributed by atoms with E-state index in [1.54, 1.807) is 0 Å². The maximum atomic E-state index is 13.2. The van der Waals surface area contributed by atoms with Gasteiger partial charge in [0, 0.05) is 42.1 Å². The summed E-state index contributed by atoms with van der Waals surface area (Å²) in [6, 6.07) is -0.966. The van der Waals surface area contributed by atoms with Gasteiger partial charge in [-0.2, -0.15) is 9.36 Å². The first kappa shape index (κ1) is 27.0. The molecule has 5 aliphatic heterocycles. The SMILES string of the molecule is NC(=O)C12CC[N+](CC3=C(C(=O)[O-])N4C(=O)[C@@H](NC(=O)/C(=N\OCC5CC5)c5nsc(N)n5)[C@@H]4SC3)(CC1)CC2. The van der Waals surface area contributed by atoms with E-state index in [4.69, 9.17) is 16.3 Å². The molecular formula is C24H30N8O6S2. The van der Waals surface area contributed by atoms with Crippen LogP contribution in [0, 0.1) is 11.3 Å². The number of rotatable bonds is 10. The number of piperidine rings is 3. The highest BCUT2D eigenvalue weighted by molar-refractivity contribution is 8.00. The number of nitrogen functional groups attached to an aromatic ring is 1. The molecule has 0 aromatic carbocycles. The molecule has 0 spiro atoms. The van der Waals surface area contributed by atoms with Crippen LogP contribution in [0.2, 0.25) is 0 Å². The fourth-order valence-electron chi connectivity index (χ4n) is 6.09. The Morgan fingerprint density at radius 1 is 1.23 bits per heavy atom. The summed E-state index contributed by atoms with van der Waals surface area (Å²) >= 11 is 2.29. The summed E-state index contributed by atoms with van der Waals surface area (Å²) in [4.78, 5) is 61.3. The van der Waals surface area contributed by atoms with Gasteiger partial charge in [-0.3, -0.25) is 19.3 Å². The van der Waals surface area contributed by atoms with E-state index in [0.29, 0.717) is 54.1 Å². The fraction of sp³-hybridized carbons (Fsp3) is 0.625.